The van der Waals surface area contributed by atoms with E-state index in [0.29, 0.717) is 16.6 Å². The molecule has 2 nitrogen and oxygen atoms in total. The third-order valence-corrected chi connectivity index (χ3v) is 7.25. The molecule has 0 radical (unpaired) electrons. The van der Waals surface area contributed by atoms with Crippen LogP contribution in [-0.4, -0.2) is 29.6 Å². The van der Waals surface area contributed by atoms with Crippen molar-refractivity contribution >= 4 is 34.9 Å². The van der Waals surface area contributed by atoms with Crippen LogP contribution in [0.15, 0.2) is 54.6 Å². The van der Waals surface area contributed by atoms with Crippen LogP contribution in [0.4, 0.5) is 0 Å². The van der Waals surface area contributed by atoms with Gasteiger partial charge in [0.1, 0.15) is 0 Å². The number of unbranched alkanes of at least 4 members (excludes halogenated alkanes) is 2. The average Bonchev–Trinajstić information content (AvgIpc) is 3.13. The SMILES string of the molecule is CCCCN(CCCC)CC(O)c1cc(Cl)cc2c1-c1ccc(Cl)cc1/C2=C/c1ccc(C)cc1. The maximum Gasteiger partial charge on any atom is 0.0923 e. The topological polar surface area (TPSA) is 23.5 Å². The number of halogens is 2. The Bertz CT molecular complexity index is 1190. The predicted molar refractivity (Wildman–Crippen MR) is 151 cm³/mol. The third-order valence-electron chi connectivity index (χ3n) is 6.80. The lowest BCUT2D eigenvalue weighted by atomic mass is 9.94. The Morgan fingerprint density at radius 3 is 2.14 bits per heavy atom. The Morgan fingerprint density at radius 1 is 0.829 bits per heavy atom. The summed E-state index contributed by atoms with van der Waals surface area (Å²) in [5, 5.41) is 12.9. The van der Waals surface area contributed by atoms with E-state index in [1.807, 2.05) is 24.3 Å². The van der Waals surface area contributed by atoms with Gasteiger partial charge in [-0.2, -0.15) is 0 Å². The number of hydrogen-bond donors (Lipinski definition) is 1. The molecule has 1 N–H and O–H groups in total. The Morgan fingerprint density at radius 2 is 1.49 bits per heavy atom. The Hall–Kier alpha value is -2.10. The van der Waals surface area contributed by atoms with Gasteiger partial charge in [0.15, 0.2) is 0 Å². The van der Waals surface area contributed by atoms with Crippen LogP contribution < -0.4 is 0 Å². The van der Waals surface area contributed by atoms with Crippen molar-refractivity contribution in [3.8, 4) is 11.1 Å². The van der Waals surface area contributed by atoms with E-state index in [9.17, 15) is 5.11 Å². The molecule has 1 aliphatic carbocycles. The molecule has 1 unspecified atom stereocenters. The van der Waals surface area contributed by atoms with Gasteiger partial charge in [-0.05, 0) is 102 Å². The number of aliphatic hydroxyl groups is 1. The predicted octanol–water partition coefficient (Wildman–Crippen LogP) is 8.81. The van der Waals surface area contributed by atoms with Crippen LogP contribution in [0.1, 0.15) is 73.5 Å². The van der Waals surface area contributed by atoms with Gasteiger partial charge in [0, 0.05) is 16.6 Å². The minimum atomic E-state index is -0.626. The van der Waals surface area contributed by atoms with Crippen LogP contribution >= 0.6 is 23.2 Å². The second-order valence-corrected chi connectivity index (χ2v) is 10.5. The summed E-state index contributed by atoms with van der Waals surface area (Å²) >= 11 is 13.1. The van der Waals surface area contributed by atoms with Crippen molar-refractivity contribution in [3.05, 3.63) is 92.5 Å². The van der Waals surface area contributed by atoms with Crippen molar-refractivity contribution in [3.63, 3.8) is 0 Å². The number of aliphatic hydroxyl groups excluding tert-OH is 1. The number of hydrogen-bond acceptors (Lipinski definition) is 2. The quantitative estimate of drug-likeness (QED) is 0.231. The second kappa shape index (κ2) is 11.8. The van der Waals surface area contributed by atoms with Gasteiger partial charge in [0.2, 0.25) is 0 Å². The highest BCUT2D eigenvalue weighted by Crippen LogP contribution is 2.49. The third kappa shape index (κ3) is 6.01. The van der Waals surface area contributed by atoms with Gasteiger partial charge in [-0.15, -0.1) is 0 Å². The molecular formula is C31H35Cl2NO. The van der Waals surface area contributed by atoms with Gasteiger partial charge in [-0.3, -0.25) is 0 Å². The van der Waals surface area contributed by atoms with E-state index in [-0.39, 0.29) is 0 Å². The van der Waals surface area contributed by atoms with E-state index in [4.69, 9.17) is 23.2 Å². The van der Waals surface area contributed by atoms with Gasteiger partial charge in [0.25, 0.3) is 0 Å². The van der Waals surface area contributed by atoms with Crippen molar-refractivity contribution < 1.29 is 5.11 Å². The zero-order chi connectivity index (χ0) is 24.9. The minimum absolute atomic E-state index is 0.604. The Balaban J connectivity index is 1.79. The van der Waals surface area contributed by atoms with Crippen molar-refractivity contribution in [2.75, 3.05) is 19.6 Å². The fraction of sp³-hybridized carbons (Fsp3) is 0.355. The molecular weight excluding hydrogens is 473 g/mol. The van der Waals surface area contributed by atoms with Crippen molar-refractivity contribution in [1.82, 2.24) is 4.90 Å². The highest BCUT2D eigenvalue weighted by molar-refractivity contribution is 6.32. The monoisotopic (exact) mass is 507 g/mol. The molecule has 0 amide bonds. The summed E-state index contributed by atoms with van der Waals surface area (Å²) in [7, 11) is 0. The molecule has 3 aromatic carbocycles. The molecule has 4 rings (SSSR count). The molecule has 0 saturated heterocycles. The fourth-order valence-corrected chi connectivity index (χ4v) is 5.29. The molecule has 0 saturated carbocycles. The standard InChI is InChI=1S/C31H35Cl2NO/c1-4-6-14-34(15-7-5-2)20-30(35)29-19-24(33)18-28-26(16-22-10-8-21(3)9-11-22)27-17-23(32)12-13-25(27)31(28)29/h8-13,16-19,30,35H,4-7,14-15,20H2,1-3H3/b26-16-. The maximum absolute atomic E-state index is 11.5. The molecule has 3 aromatic rings. The van der Waals surface area contributed by atoms with Gasteiger partial charge in [-0.25, -0.2) is 0 Å². The Kier molecular flexibility index (Phi) is 8.73. The molecule has 184 valence electrons. The normalized spacial score (nSPS) is 14.4. The molecule has 35 heavy (non-hydrogen) atoms. The number of fused-ring (bicyclic) bond motifs is 3. The first kappa shape index (κ1) is 26.0. The summed E-state index contributed by atoms with van der Waals surface area (Å²) in [5.41, 5.74) is 8.63. The summed E-state index contributed by atoms with van der Waals surface area (Å²) in [6, 6.07) is 18.5. The summed E-state index contributed by atoms with van der Waals surface area (Å²) in [6.07, 6.45) is 6.13. The van der Waals surface area contributed by atoms with Gasteiger partial charge in [0.05, 0.1) is 6.10 Å². The van der Waals surface area contributed by atoms with Crippen molar-refractivity contribution in [2.24, 2.45) is 0 Å². The van der Waals surface area contributed by atoms with Crippen molar-refractivity contribution in [2.45, 2.75) is 52.6 Å². The maximum atomic E-state index is 11.5. The van der Waals surface area contributed by atoms with E-state index >= 15 is 0 Å². The molecule has 1 aliphatic rings. The van der Waals surface area contributed by atoms with E-state index in [1.54, 1.807) is 0 Å². The lowest BCUT2D eigenvalue weighted by Gasteiger charge is -2.26. The summed E-state index contributed by atoms with van der Waals surface area (Å²) in [4.78, 5) is 2.39. The number of nitrogens with zero attached hydrogens (tertiary/aromatic N) is 1. The van der Waals surface area contributed by atoms with E-state index in [1.165, 1.54) is 5.56 Å². The van der Waals surface area contributed by atoms with E-state index in [2.05, 4.69) is 62.1 Å². The molecule has 0 bridgehead atoms. The minimum Gasteiger partial charge on any atom is -0.387 e. The summed E-state index contributed by atoms with van der Waals surface area (Å²) in [5.74, 6) is 0. The first-order chi connectivity index (χ1) is 16.9. The highest BCUT2D eigenvalue weighted by atomic mass is 35.5. The summed E-state index contributed by atoms with van der Waals surface area (Å²) in [6.45, 7) is 9.12. The molecule has 0 spiro atoms. The van der Waals surface area contributed by atoms with Gasteiger partial charge in [-0.1, -0.05) is 85.8 Å². The molecule has 0 aromatic heterocycles. The van der Waals surface area contributed by atoms with Crippen LogP contribution in [-0.2, 0) is 0 Å². The lowest BCUT2D eigenvalue weighted by molar-refractivity contribution is 0.111. The summed E-state index contributed by atoms with van der Waals surface area (Å²) < 4.78 is 0. The average molecular weight is 509 g/mol. The van der Waals surface area contributed by atoms with Crippen LogP contribution in [0.2, 0.25) is 10.0 Å². The van der Waals surface area contributed by atoms with Crippen molar-refractivity contribution in [1.29, 1.82) is 0 Å². The van der Waals surface area contributed by atoms with Crippen LogP contribution in [0.5, 0.6) is 0 Å². The van der Waals surface area contributed by atoms with Gasteiger partial charge >= 0.3 is 0 Å². The molecule has 0 fully saturated rings. The first-order valence-electron chi connectivity index (χ1n) is 12.7. The smallest absolute Gasteiger partial charge is 0.0923 e. The molecule has 0 heterocycles. The fourth-order valence-electron chi connectivity index (χ4n) is 4.89. The number of rotatable bonds is 10. The number of aryl methyl sites for hydroxylation is 1. The van der Waals surface area contributed by atoms with E-state index < -0.39 is 6.10 Å². The molecule has 1 atom stereocenters. The molecule has 4 heteroatoms. The lowest BCUT2D eigenvalue weighted by Crippen LogP contribution is -2.31. The number of benzene rings is 3. The Labute approximate surface area is 220 Å². The highest BCUT2D eigenvalue weighted by Gasteiger charge is 2.29. The van der Waals surface area contributed by atoms with Crippen LogP contribution in [0.25, 0.3) is 22.8 Å². The van der Waals surface area contributed by atoms with Crippen LogP contribution in [0.3, 0.4) is 0 Å². The van der Waals surface area contributed by atoms with Gasteiger partial charge < -0.3 is 10.0 Å². The largest absolute Gasteiger partial charge is 0.387 e. The van der Waals surface area contributed by atoms with Crippen LogP contribution in [0, 0.1) is 6.92 Å². The van der Waals surface area contributed by atoms with E-state index in [0.717, 1.165) is 77.7 Å². The zero-order valence-corrected chi connectivity index (χ0v) is 22.5. The first-order valence-corrected chi connectivity index (χ1v) is 13.5. The zero-order valence-electron chi connectivity index (χ0n) is 21.0. The second-order valence-electron chi connectivity index (χ2n) is 9.60. The molecule has 0 aliphatic heterocycles.